The molecule has 0 spiro atoms. The molecule has 1 aliphatic heterocycles. The molecule has 0 amide bonds. The maximum absolute atomic E-state index is 12.5. The van der Waals surface area contributed by atoms with Crippen LogP contribution in [0.3, 0.4) is 0 Å². The van der Waals surface area contributed by atoms with Crippen molar-refractivity contribution in [3.63, 3.8) is 0 Å². The van der Waals surface area contributed by atoms with Gasteiger partial charge in [0.1, 0.15) is 6.42 Å². The van der Waals surface area contributed by atoms with Crippen LogP contribution in [0.4, 0.5) is 0 Å². The average Bonchev–Trinajstić information content (AvgIpc) is 2.92. The van der Waals surface area contributed by atoms with E-state index < -0.39 is 5.54 Å². The Morgan fingerprint density at radius 1 is 1.00 bits per heavy atom. The molecule has 5 nitrogen and oxygen atoms in total. The van der Waals surface area contributed by atoms with Crippen LogP contribution in [0.5, 0.6) is 0 Å². The van der Waals surface area contributed by atoms with Crippen LogP contribution in [0.25, 0.3) is 11.3 Å². The molecule has 0 radical (unpaired) electrons. The van der Waals surface area contributed by atoms with E-state index in [0.717, 1.165) is 22.4 Å². The minimum absolute atomic E-state index is 0.179. The lowest BCUT2D eigenvalue weighted by atomic mass is 9.81. The fourth-order valence-corrected chi connectivity index (χ4v) is 4.06. The molecule has 0 fully saturated rings. The summed E-state index contributed by atoms with van der Waals surface area (Å²) in [5, 5.41) is 0. The number of carbonyl (C=O) groups excluding carboxylic acids is 2. The zero-order chi connectivity index (χ0) is 19.4. The zero-order valence-corrected chi connectivity index (χ0v) is 16.2. The summed E-state index contributed by atoms with van der Waals surface area (Å²) in [7, 11) is 0. The molecule has 0 saturated heterocycles. The number of ether oxygens (including phenoxy) is 2. The molecule has 1 unspecified atom stereocenters. The van der Waals surface area contributed by atoms with E-state index in [1.807, 2.05) is 24.4 Å². The van der Waals surface area contributed by atoms with Gasteiger partial charge in [-0.15, -0.1) is 0 Å². The Labute approximate surface area is 159 Å². The van der Waals surface area contributed by atoms with Crippen molar-refractivity contribution in [2.75, 3.05) is 13.2 Å². The van der Waals surface area contributed by atoms with Crippen molar-refractivity contribution < 1.29 is 23.6 Å². The molecule has 0 aliphatic carbocycles. The minimum Gasteiger partial charge on any atom is -0.466 e. The fraction of sp³-hybridized carbons (Fsp3) is 0.409. The van der Waals surface area contributed by atoms with Gasteiger partial charge in [-0.1, -0.05) is 18.2 Å². The molecule has 0 saturated carbocycles. The van der Waals surface area contributed by atoms with Gasteiger partial charge in [0.25, 0.3) is 0 Å². The summed E-state index contributed by atoms with van der Waals surface area (Å²) in [4.78, 5) is 24.6. The summed E-state index contributed by atoms with van der Waals surface area (Å²) in [6, 6.07) is 12.1. The van der Waals surface area contributed by atoms with Crippen molar-refractivity contribution in [3.8, 4) is 11.3 Å². The van der Waals surface area contributed by atoms with E-state index in [9.17, 15) is 9.59 Å². The Morgan fingerprint density at radius 3 is 2.48 bits per heavy atom. The second kappa shape index (κ2) is 7.91. The average molecular weight is 368 g/mol. The van der Waals surface area contributed by atoms with E-state index in [2.05, 4.69) is 29.7 Å². The summed E-state index contributed by atoms with van der Waals surface area (Å²) in [6.07, 6.45) is 2.88. The second-order valence-electron chi connectivity index (χ2n) is 6.77. The molecular formula is C22H26NO4+. The Kier molecular flexibility index (Phi) is 5.59. The van der Waals surface area contributed by atoms with Crippen LogP contribution in [-0.2, 0) is 24.6 Å². The monoisotopic (exact) mass is 368 g/mol. The molecule has 27 heavy (non-hydrogen) atoms. The predicted octanol–water partition coefficient (Wildman–Crippen LogP) is 3.30. The molecule has 1 aromatic heterocycles. The van der Waals surface area contributed by atoms with Gasteiger partial charge in [0.2, 0.25) is 11.2 Å². The standard InChI is InChI=1S/C22H26NO4/c1-4-26-19(24)12-13-22(15-20(25)27-5-2)17-10-8-9-16(3)21(17)18-11-6-7-14-23(18)22/h6-11,14H,4-5,12-13,15H2,1-3H3/q+1. The van der Waals surface area contributed by atoms with E-state index >= 15 is 0 Å². The molecular weight excluding hydrogens is 342 g/mol. The number of nitrogens with zero attached hydrogens (tertiary/aromatic N) is 1. The molecule has 1 atom stereocenters. The number of esters is 2. The topological polar surface area (TPSA) is 56.5 Å². The van der Waals surface area contributed by atoms with Crippen molar-refractivity contribution in [1.29, 1.82) is 0 Å². The number of carbonyl (C=O) groups is 2. The van der Waals surface area contributed by atoms with Gasteiger partial charge < -0.3 is 9.47 Å². The second-order valence-corrected chi connectivity index (χ2v) is 6.77. The van der Waals surface area contributed by atoms with E-state index in [1.54, 1.807) is 13.8 Å². The SMILES string of the molecule is CCOC(=O)CCC1(CC(=O)OCC)c2cccc(C)c2-c2cccc[n+]21. The lowest BCUT2D eigenvalue weighted by Crippen LogP contribution is -2.56. The molecule has 3 rings (SSSR count). The first-order chi connectivity index (χ1) is 13.0. The molecule has 2 heterocycles. The Hall–Kier alpha value is -2.69. The predicted molar refractivity (Wildman–Crippen MR) is 101 cm³/mol. The smallest absolute Gasteiger partial charge is 0.313 e. The zero-order valence-electron chi connectivity index (χ0n) is 16.2. The molecule has 2 aromatic rings. The first-order valence-electron chi connectivity index (χ1n) is 9.46. The van der Waals surface area contributed by atoms with Crippen LogP contribution in [0.15, 0.2) is 42.6 Å². The lowest BCUT2D eigenvalue weighted by molar-refractivity contribution is -0.739. The third-order valence-electron chi connectivity index (χ3n) is 5.14. The number of benzene rings is 1. The van der Waals surface area contributed by atoms with E-state index in [0.29, 0.717) is 19.6 Å². The van der Waals surface area contributed by atoms with Crippen LogP contribution in [0, 0.1) is 6.92 Å². The number of rotatable bonds is 7. The number of fused-ring (bicyclic) bond motifs is 3. The van der Waals surface area contributed by atoms with Crippen LogP contribution in [0.2, 0.25) is 0 Å². The number of hydrogen-bond donors (Lipinski definition) is 0. The summed E-state index contributed by atoms with van der Waals surface area (Å²) < 4.78 is 12.5. The van der Waals surface area contributed by atoms with Gasteiger partial charge in [0.15, 0.2) is 6.20 Å². The largest absolute Gasteiger partial charge is 0.466 e. The van der Waals surface area contributed by atoms with Crippen LogP contribution < -0.4 is 4.57 Å². The van der Waals surface area contributed by atoms with Gasteiger partial charge in [-0.05, 0) is 32.4 Å². The Balaban J connectivity index is 2.12. The molecule has 0 N–H and O–H groups in total. The minimum atomic E-state index is -0.656. The normalized spacial score (nSPS) is 17.1. The Bertz CT molecular complexity index is 861. The summed E-state index contributed by atoms with van der Waals surface area (Å²) >= 11 is 0. The quantitative estimate of drug-likeness (QED) is 0.556. The van der Waals surface area contributed by atoms with E-state index in [4.69, 9.17) is 9.47 Å². The highest BCUT2D eigenvalue weighted by Crippen LogP contribution is 2.44. The third kappa shape index (κ3) is 3.46. The van der Waals surface area contributed by atoms with Crippen molar-refractivity contribution in [2.45, 2.75) is 45.6 Å². The Morgan fingerprint density at radius 2 is 1.74 bits per heavy atom. The highest BCUT2D eigenvalue weighted by molar-refractivity contribution is 5.76. The van der Waals surface area contributed by atoms with Gasteiger partial charge in [-0.3, -0.25) is 9.59 Å². The number of pyridine rings is 1. The number of hydrogen-bond acceptors (Lipinski definition) is 4. The van der Waals surface area contributed by atoms with Crippen molar-refractivity contribution in [3.05, 3.63) is 53.7 Å². The van der Waals surface area contributed by atoms with Gasteiger partial charge in [0, 0.05) is 24.1 Å². The molecule has 1 aliphatic rings. The van der Waals surface area contributed by atoms with Gasteiger partial charge in [-0.25, -0.2) is 0 Å². The number of aromatic nitrogens is 1. The summed E-state index contributed by atoms with van der Waals surface area (Å²) in [5.41, 5.74) is 3.74. The lowest BCUT2D eigenvalue weighted by Gasteiger charge is -2.25. The van der Waals surface area contributed by atoms with E-state index in [1.165, 1.54) is 0 Å². The maximum atomic E-state index is 12.5. The first-order valence-corrected chi connectivity index (χ1v) is 9.46. The molecule has 142 valence electrons. The van der Waals surface area contributed by atoms with Gasteiger partial charge in [-0.2, -0.15) is 4.57 Å². The van der Waals surface area contributed by atoms with Crippen LogP contribution in [-0.4, -0.2) is 25.2 Å². The third-order valence-corrected chi connectivity index (χ3v) is 5.14. The van der Waals surface area contributed by atoms with Crippen molar-refractivity contribution >= 4 is 11.9 Å². The highest BCUT2D eigenvalue weighted by atomic mass is 16.5. The molecule has 0 bridgehead atoms. The summed E-state index contributed by atoms with van der Waals surface area (Å²) in [5.74, 6) is -0.516. The van der Waals surface area contributed by atoms with Crippen molar-refractivity contribution in [2.24, 2.45) is 0 Å². The van der Waals surface area contributed by atoms with Gasteiger partial charge in [0.05, 0.1) is 25.2 Å². The number of aryl methyl sites for hydroxylation is 1. The van der Waals surface area contributed by atoms with E-state index in [-0.39, 0.29) is 24.8 Å². The molecule has 1 aromatic carbocycles. The van der Waals surface area contributed by atoms with Crippen LogP contribution >= 0.6 is 0 Å². The molecule has 5 heteroatoms. The fourth-order valence-electron chi connectivity index (χ4n) is 4.06. The van der Waals surface area contributed by atoms with Crippen LogP contribution in [0.1, 0.15) is 44.2 Å². The highest BCUT2D eigenvalue weighted by Gasteiger charge is 2.53. The summed E-state index contributed by atoms with van der Waals surface area (Å²) in [6.45, 7) is 6.35. The first kappa shape index (κ1) is 19.1. The van der Waals surface area contributed by atoms with Crippen molar-refractivity contribution in [1.82, 2.24) is 0 Å². The van der Waals surface area contributed by atoms with Gasteiger partial charge >= 0.3 is 11.9 Å². The maximum Gasteiger partial charge on any atom is 0.313 e.